The van der Waals surface area contributed by atoms with E-state index in [-0.39, 0.29) is 60.3 Å². The number of amides is 3. The number of carbonyl (C=O) groups excluding carboxylic acids is 3. The molecular weight excluding hydrogens is 689 g/mol. The summed E-state index contributed by atoms with van der Waals surface area (Å²) in [6, 6.07) is 9.72. The molecule has 266 valence electrons. The van der Waals surface area contributed by atoms with Crippen LogP contribution in [0.5, 0.6) is 0 Å². The number of aliphatic carboxylic acids is 1. The number of carboxylic acid groups (broad SMARTS) is 2. The maximum Gasteiger partial charge on any atom is 0.410 e. The number of aromatic carboxylic acids is 1. The number of carboxylic acids is 2. The predicted molar refractivity (Wildman–Crippen MR) is 180 cm³/mol. The maximum atomic E-state index is 15.4. The zero-order valence-electron chi connectivity index (χ0n) is 26.9. The molecule has 51 heavy (non-hydrogen) atoms. The molecule has 2 aromatic carbocycles. The Hall–Kier alpha value is -5.42. The summed E-state index contributed by atoms with van der Waals surface area (Å²) in [6.45, 7) is 0.323. The molecule has 0 bridgehead atoms. The Morgan fingerprint density at radius 3 is 2.35 bits per heavy atom. The van der Waals surface area contributed by atoms with E-state index in [4.69, 9.17) is 4.74 Å². The van der Waals surface area contributed by atoms with Crippen LogP contribution in [0, 0.1) is 5.82 Å². The lowest BCUT2D eigenvalue weighted by atomic mass is 10.0. The number of carbonyl (C=O) groups is 5. The summed E-state index contributed by atoms with van der Waals surface area (Å²) in [5.74, 6) is -4.84. The number of halogens is 1. The molecule has 15 nitrogen and oxygen atoms in total. The van der Waals surface area contributed by atoms with Crippen LogP contribution in [0.1, 0.15) is 40.9 Å². The number of ether oxygens (including phenoxy) is 1. The normalized spacial score (nSPS) is 20.8. The van der Waals surface area contributed by atoms with Crippen LogP contribution in [0.4, 0.5) is 14.9 Å². The number of hydrogen-bond donors (Lipinski definition) is 4. The van der Waals surface area contributed by atoms with Crippen LogP contribution in [0.15, 0.2) is 64.7 Å². The topological polar surface area (TPSA) is 199 Å². The number of benzene rings is 2. The number of nitrogens with one attached hydrogen (secondary N) is 1. The van der Waals surface area contributed by atoms with E-state index in [1.807, 2.05) is 0 Å². The Bertz CT molecular complexity index is 2060. The van der Waals surface area contributed by atoms with E-state index < -0.39 is 70.8 Å². The van der Waals surface area contributed by atoms with Crippen molar-refractivity contribution in [3.8, 4) is 0 Å². The minimum Gasteiger partial charge on any atom is -0.477 e. The Morgan fingerprint density at radius 1 is 1.00 bits per heavy atom. The molecule has 3 atom stereocenters. The van der Waals surface area contributed by atoms with Gasteiger partial charge >= 0.3 is 18.0 Å². The highest BCUT2D eigenvalue weighted by atomic mass is 32.2. The van der Waals surface area contributed by atoms with Crippen molar-refractivity contribution in [3.05, 3.63) is 87.1 Å². The van der Waals surface area contributed by atoms with Gasteiger partial charge in [0.2, 0.25) is 5.43 Å². The predicted octanol–water partition coefficient (Wildman–Crippen LogP) is 1.90. The molecule has 2 saturated heterocycles. The highest BCUT2D eigenvalue weighted by Crippen LogP contribution is 2.41. The summed E-state index contributed by atoms with van der Waals surface area (Å²) < 4.78 is 22.6. The summed E-state index contributed by atoms with van der Waals surface area (Å²) in [5.41, 5.74) is -0.335. The maximum absolute atomic E-state index is 15.4. The summed E-state index contributed by atoms with van der Waals surface area (Å²) in [6.07, 6.45) is 0.684. The SMILES string of the molecule is O=C(O)C1=C(COC(=O)N2CCN(c3cc4c(cc3F)c(=O)c(C(=O)O)cn4C3CC3)CC2)CS[C@@H]2[C@H](NC(=O)C(O)c3ccccc3)C(=O)N12. The van der Waals surface area contributed by atoms with Gasteiger partial charge in [-0.1, -0.05) is 30.3 Å². The molecule has 4 aliphatic rings. The number of rotatable bonds is 9. The molecule has 1 aliphatic carbocycles. The van der Waals surface area contributed by atoms with Gasteiger partial charge in [-0.2, -0.15) is 0 Å². The standard InChI is InChI=1S/C34H32FN5O10S/c35-22-12-20-23(39(19-6-7-19)14-21(28(20)42)32(45)46)13-24(22)37-8-10-38(11-9-37)34(49)50-15-18-16-51-31-25(30(44)40(31)26(18)33(47)48)36-29(43)27(41)17-4-2-1-3-5-17/h1-5,12-14,19,25,27,31,41H,6-11,15-16H2,(H,36,43)(H,45,46)(H,47,48)/t25-,27?,31-/m1/s1. The first-order chi connectivity index (χ1) is 24.4. The number of fused-ring (bicyclic) bond motifs is 2. The van der Waals surface area contributed by atoms with Crippen LogP contribution in [0.3, 0.4) is 0 Å². The van der Waals surface area contributed by atoms with E-state index in [1.165, 1.54) is 28.9 Å². The van der Waals surface area contributed by atoms with E-state index in [0.717, 1.165) is 23.8 Å². The third-order valence-corrected chi connectivity index (χ3v) is 10.8. The number of β-lactam (4-membered cyclic amide) rings is 1. The summed E-state index contributed by atoms with van der Waals surface area (Å²) >= 11 is 1.19. The molecule has 0 spiro atoms. The van der Waals surface area contributed by atoms with Crippen molar-refractivity contribution in [3.63, 3.8) is 0 Å². The van der Waals surface area contributed by atoms with E-state index in [0.29, 0.717) is 11.1 Å². The summed E-state index contributed by atoms with van der Waals surface area (Å²) in [7, 11) is 0. The second-order valence-corrected chi connectivity index (χ2v) is 13.7. The molecule has 3 fully saturated rings. The largest absolute Gasteiger partial charge is 0.477 e. The average Bonchev–Trinajstić information content (AvgIpc) is 3.98. The van der Waals surface area contributed by atoms with Crippen LogP contribution in [0.25, 0.3) is 10.9 Å². The molecule has 1 aromatic heterocycles. The second kappa shape index (κ2) is 13.4. The molecule has 7 rings (SSSR count). The van der Waals surface area contributed by atoms with E-state index in [1.54, 1.807) is 39.8 Å². The molecule has 3 aliphatic heterocycles. The van der Waals surface area contributed by atoms with Crippen molar-refractivity contribution in [2.45, 2.75) is 36.4 Å². The Kier molecular flexibility index (Phi) is 8.93. The zero-order valence-corrected chi connectivity index (χ0v) is 27.7. The summed E-state index contributed by atoms with van der Waals surface area (Å²) in [5, 5.41) is 31.6. The van der Waals surface area contributed by atoms with Gasteiger partial charge in [-0.15, -0.1) is 11.8 Å². The van der Waals surface area contributed by atoms with Gasteiger partial charge in [0.25, 0.3) is 11.8 Å². The van der Waals surface area contributed by atoms with E-state index in [9.17, 15) is 44.1 Å². The summed E-state index contributed by atoms with van der Waals surface area (Å²) in [4.78, 5) is 79.6. The lowest BCUT2D eigenvalue weighted by Gasteiger charge is -2.49. The third-order valence-electron chi connectivity index (χ3n) is 9.43. The first kappa shape index (κ1) is 34.0. The number of nitrogens with zero attached hydrogens (tertiary/aromatic N) is 4. The minimum atomic E-state index is -1.51. The van der Waals surface area contributed by atoms with Crippen molar-refractivity contribution in [2.75, 3.05) is 43.4 Å². The first-order valence-electron chi connectivity index (χ1n) is 16.2. The van der Waals surface area contributed by atoms with Gasteiger partial charge in [0.15, 0.2) is 6.10 Å². The molecule has 1 saturated carbocycles. The van der Waals surface area contributed by atoms with Gasteiger partial charge in [0.05, 0.1) is 11.2 Å². The van der Waals surface area contributed by atoms with Crippen molar-refractivity contribution in [1.29, 1.82) is 0 Å². The fraction of sp³-hybridized carbons (Fsp3) is 0.353. The van der Waals surface area contributed by atoms with Crippen molar-refractivity contribution in [2.24, 2.45) is 0 Å². The minimum absolute atomic E-state index is 0.0155. The number of hydrogen-bond acceptors (Lipinski definition) is 10. The number of thioether (sulfide) groups is 1. The Morgan fingerprint density at radius 2 is 1.71 bits per heavy atom. The zero-order chi connectivity index (χ0) is 36.1. The van der Waals surface area contributed by atoms with Crippen molar-refractivity contribution in [1.82, 2.24) is 19.7 Å². The molecule has 4 heterocycles. The van der Waals surface area contributed by atoms with Gasteiger partial charge in [-0.3, -0.25) is 19.3 Å². The average molecular weight is 722 g/mol. The van der Waals surface area contributed by atoms with Crippen LogP contribution in [-0.2, 0) is 19.1 Å². The molecule has 4 N–H and O–H groups in total. The number of pyridine rings is 1. The Labute approximate surface area is 292 Å². The van der Waals surface area contributed by atoms with Crippen LogP contribution >= 0.6 is 11.8 Å². The monoisotopic (exact) mass is 721 g/mol. The second-order valence-electron chi connectivity index (χ2n) is 12.6. The van der Waals surface area contributed by atoms with Gasteiger partial charge in [0, 0.05) is 55.1 Å². The lowest BCUT2D eigenvalue weighted by molar-refractivity contribution is -0.151. The van der Waals surface area contributed by atoms with E-state index in [2.05, 4.69) is 5.32 Å². The first-order valence-corrected chi connectivity index (χ1v) is 17.2. The van der Waals surface area contributed by atoms with Gasteiger partial charge in [0.1, 0.15) is 35.1 Å². The highest BCUT2D eigenvalue weighted by Gasteiger charge is 2.54. The van der Waals surface area contributed by atoms with Gasteiger partial charge < -0.3 is 39.7 Å². The van der Waals surface area contributed by atoms with Gasteiger partial charge in [-0.05, 0) is 30.5 Å². The van der Waals surface area contributed by atoms with Crippen LogP contribution in [0.2, 0.25) is 0 Å². The van der Waals surface area contributed by atoms with Crippen molar-refractivity contribution >= 4 is 58.2 Å². The van der Waals surface area contributed by atoms with Crippen molar-refractivity contribution < 1.29 is 48.4 Å². The molecule has 0 radical (unpaired) electrons. The number of aliphatic hydroxyl groups excluding tert-OH is 1. The molecule has 3 amide bonds. The van der Waals surface area contributed by atoms with Crippen LogP contribution < -0.4 is 15.6 Å². The Balaban J connectivity index is 0.981. The molecule has 17 heteroatoms. The molecular formula is C34H32FN5O10S. The fourth-order valence-corrected chi connectivity index (χ4v) is 7.92. The van der Waals surface area contributed by atoms with Gasteiger partial charge in [-0.25, -0.2) is 18.8 Å². The third kappa shape index (κ3) is 6.27. The molecule has 1 unspecified atom stereocenters. The number of aliphatic hydroxyl groups is 1. The highest BCUT2D eigenvalue weighted by molar-refractivity contribution is 8.00. The molecule has 3 aromatic rings. The fourth-order valence-electron chi connectivity index (χ4n) is 6.59. The number of piperazine rings is 1. The smallest absolute Gasteiger partial charge is 0.410 e. The van der Waals surface area contributed by atoms with Crippen LogP contribution in [-0.4, -0.2) is 109 Å². The number of anilines is 1. The number of aromatic nitrogens is 1. The van der Waals surface area contributed by atoms with E-state index >= 15 is 4.39 Å². The quantitative estimate of drug-likeness (QED) is 0.235. The lowest BCUT2D eigenvalue weighted by Crippen LogP contribution is -2.71.